The van der Waals surface area contributed by atoms with E-state index in [0.717, 1.165) is 23.2 Å². The van der Waals surface area contributed by atoms with E-state index in [1.54, 1.807) is 0 Å². The van der Waals surface area contributed by atoms with Gasteiger partial charge in [-0.15, -0.1) is 0 Å². The molecule has 0 fully saturated rings. The summed E-state index contributed by atoms with van der Waals surface area (Å²) in [6.45, 7) is 1.99. The summed E-state index contributed by atoms with van der Waals surface area (Å²) in [6.07, 6.45) is 3.69. The lowest BCUT2D eigenvalue weighted by Crippen LogP contribution is -2.24. The van der Waals surface area contributed by atoms with Crippen LogP contribution >= 0.6 is 15.9 Å². The number of nitrogens with two attached hydrogens (primary N) is 1. The van der Waals surface area contributed by atoms with E-state index in [1.807, 2.05) is 6.07 Å². The maximum absolute atomic E-state index is 6.14. The second-order valence-electron chi connectivity index (χ2n) is 5.35. The van der Waals surface area contributed by atoms with E-state index < -0.39 is 0 Å². The highest BCUT2D eigenvalue weighted by molar-refractivity contribution is 9.10. The van der Waals surface area contributed by atoms with E-state index in [2.05, 4.69) is 57.2 Å². The first-order chi connectivity index (χ1) is 9.74. The Morgan fingerprint density at radius 3 is 2.80 bits per heavy atom. The number of anilines is 2. The largest absolute Gasteiger partial charge is 0.398 e. The quantitative estimate of drug-likeness (QED) is 0.828. The molecule has 1 aliphatic heterocycles. The van der Waals surface area contributed by atoms with E-state index in [1.165, 1.54) is 36.1 Å². The van der Waals surface area contributed by atoms with Crippen molar-refractivity contribution in [3.63, 3.8) is 0 Å². The predicted octanol–water partition coefficient (Wildman–Crippen LogP) is 4.37. The first-order valence-corrected chi connectivity index (χ1v) is 7.90. The number of nitrogens with zero attached hydrogens (tertiary/aromatic N) is 1. The van der Waals surface area contributed by atoms with Gasteiger partial charge in [0.15, 0.2) is 0 Å². The Balaban J connectivity index is 1.90. The van der Waals surface area contributed by atoms with Crippen molar-refractivity contribution in [2.75, 3.05) is 17.2 Å². The average molecular weight is 331 g/mol. The van der Waals surface area contributed by atoms with Gasteiger partial charge in [-0.05, 0) is 48.6 Å². The van der Waals surface area contributed by atoms with Crippen LogP contribution in [0.3, 0.4) is 0 Å². The molecule has 1 heterocycles. The number of nitrogen functional groups attached to an aromatic ring is 1. The van der Waals surface area contributed by atoms with Gasteiger partial charge in [-0.2, -0.15) is 0 Å². The molecule has 3 heteroatoms. The molecule has 1 aliphatic rings. The number of halogens is 1. The monoisotopic (exact) mass is 330 g/mol. The number of rotatable bonds is 2. The predicted molar refractivity (Wildman–Crippen MR) is 89.0 cm³/mol. The fourth-order valence-electron chi connectivity index (χ4n) is 2.85. The molecule has 0 spiro atoms. The number of benzene rings is 2. The zero-order chi connectivity index (χ0) is 13.9. The standard InChI is InChI=1S/C17H19BrN2/c18-15-9-8-14(16(19)11-15)12-20-10-4-3-6-13-5-1-2-7-17(13)20/h1-2,5,7-9,11H,3-4,6,10,12,19H2. The lowest BCUT2D eigenvalue weighted by atomic mass is 10.1. The van der Waals surface area contributed by atoms with Gasteiger partial charge in [0.25, 0.3) is 0 Å². The minimum absolute atomic E-state index is 0.862. The maximum atomic E-state index is 6.14. The molecule has 2 aromatic rings. The number of fused-ring (bicyclic) bond motifs is 1. The number of aryl methyl sites for hydroxylation is 1. The van der Waals surface area contributed by atoms with Gasteiger partial charge in [0.2, 0.25) is 0 Å². The summed E-state index contributed by atoms with van der Waals surface area (Å²) < 4.78 is 1.04. The van der Waals surface area contributed by atoms with Crippen LogP contribution in [-0.4, -0.2) is 6.54 Å². The van der Waals surface area contributed by atoms with Gasteiger partial charge < -0.3 is 10.6 Å². The molecule has 0 radical (unpaired) electrons. The van der Waals surface area contributed by atoms with Gasteiger partial charge in [0, 0.05) is 28.9 Å². The number of hydrogen-bond acceptors (Lipinski definition) is 2. The van der Waals surface area contributed by atoms with Gasteiger partial charge in [0.1, 0.15) is 0 Å². The van der Waals surface area contributed by atoms with Gasteiger partial charge in [-0.1, -0.05) is 40.2 Å². The van der Waals surface area contributed by atoms with Crippen molar-refractivity contribution in [1.29, 1.82) is 0 Å². The Labute approximate surface area is 128 Å². The van der Waals surface area contributed by atoms with E-state index in [-0.39, 0.29) is 0 Å². The van der Waals surface area contributed by atoms with Crippen LogP contribution in [0.2, 0.25) is 0 Å². The van der Waals surface area contributed by atoms with Crippen LogP contribution in [0.15, 0.2) is 46.9 Å². The summed E-state index contributed by atoms with van der Waals surface area (Å²) in [4.78, 5) is 2.46. The summed E-state index contributed by atoms with van der Waals surface area (Å²) in [5.74, 6) is 0. The summed E-state index contributed by atoms with van der Waals surface area (Å²) in [6, 6.07) is 14.9. The molecule has 20 heavy (non-hydrogen) atoms. The Kier molecular flexibility index (Phi) is 3.97. The highest BCUT2D eigenvalue weighted by Gasteiger charge is 2.15. The van der Waals surface area contributed by atoms with E-state index in [9.17, 15) is 0 Å². The molecular formula is C17H19BrN2. The fourth-order valence-corrected chi connectivity index (χ4v) is 3.23. The molecule has 0 aliphatic carbocycles. The third-order valence-corrected chi connectivity index (χ3v) is 4.42. The van der Waals surface area contributed by atoms with Crippen LogP contribution in [0.4, 0.5) is 11.4 Å². The minimum atomic E-state index is 0.862. The average Bonchev–Trinajstić information content (AvgIpc) is 2.65. The molecular weight excluding hydrogens is 312 g/mol. The Morgan fingerprint density at radius 1 is 1.10 bits per heavy atom. The normalized spacial score (nSPS) is 14.8. The molecule has 0 unspecified atom stereocenters. The van der Waals surface area contributed by atoms with Crippen molar-refractivity contribution < 1.29 is 0 Å². The van der Waals surface area contributed by atoms with Crippen molar-refractivity contribution >= 4 is 27.3 Å². The van der Waals surface area contributed by atoms with Gasteiger partial charge in [0.05, 0.1) is 0 Å². The van der Waals surface area contributed by atoms with Crippen LogP contribution in [0, 0.1) is 0 Å². The summed E-state index contributed by atoms with van der Waals surface area (Å²) in [7, 11) is 0. The molecule has 0 saturated heterocycles. The van der Waals surface area contributed by atoms with Crippen molar-refractivity contribution in [3.05, 3.63) is 58.1 Å². The lowest BCUT2D eigenvalue weighted by molar-refractivity contribution is 0.715. The van der Waals surface area contributed by atoms with Crippen molar-refractivity contribution in [3.8, 4) is 0 Å². The smallest absolute Gasteiger partial charge is 0.0449 e. The third kappa shape index (κ3) is 2.83. The number of para-hydroxylation sites is 1. The Bertz CT molecular complexity index is 610. The van der Waals surface area contributed by atoms with Crippen LogP contribution in [-0.2, 0) is 13.0 Å². The fraction of sp³-hybridized carbons (Fsp3) is 0.294. The SMILES string of the molecule is Nc1cc(Br)ccc1CN1CCCCc2ccccc21. The van der Waals surface area contributed by atoms with Crippen molar-refractivity contribution in [2.24, 2.45) is 0 Å². The van der Waals surface area contributed by atoms with Gasteiger partial charge >= 0.3 is 0 Å². The highest BCUT2D eigenvalue weighted by Crippen LogP contribution is 2.29. The zero-order valence-electron chi connectivity index (χ0n) is 11.5. The van der Waals surface area contributed by atoms with Crippen molar-refractivity contribution in [2.45, 2.75) is 25.8 Å². The summed E-state index contributed by atoms with van der Waals surface area (Å²) >= 11 is 3.47. The molecule has 0 atom stereocenters. The summed E-state index contributed by atoms with van der Waals surface area (Å²) in [5.41, 5.74) is 11.0. The molecule has 0 amide bonds. The van der Waals surface area contributed by atoms with Crippen LogP contribution in [0.1, 0.15) is 24.0 Å². The zero-order valence-corrected chi connectivity index (χ0v) is 13.1. The second-order valence-corrected chi connectivity index (χ2v) is 6.27. The lowest BCUT2D eigenvalue weighted by Gasteiger charge is -2.25. The third-order valence-electron chi connectivity index (χ3n) is 3.93. The van der Waals surface area contributed by atoms with Crippen LogP contribution in [0.25, 0.3) is 0 Å². The summed E-state index contributed by atoms with van der Waals surface area (Å²) in [5, 5.41) is 0. The molecule has 0 saturated carbocycles. The number of hydrogen-bond donors (Lipinski definition) is 1. The van der Waals surface area contributed by atoms with Gasteiger partial charge in [-0.25, -0.2) is 0 Å². The highest BCUT2D eigenvalue weighted by atomic mass is 79.9. The Hall–Kier alpha value is -1.48. The molecule has 3 rings (SSSR count). The van der Waals surface area contributed by atoms with E-state index in [4.69, 9.17) is 5.73 Å². The molecule has 0 bridgehead atoms. The van der Waals surface area contributed by atoms with Gasteiger partial charge in [-0.3, -0.25) is 0 Å². The topological polar surface area (TPSA) is 29.3 Å². The molecule has 2 nitrogen and oxygen atoms in total. The first-order valence-electron chi connectivity index (χ1n) is 7.11. The van der Waals surface area contributed by atoms with E-state index >= 15 is 0 Å². The first kappa shape index (κ1) is 13.5. The maximum Gasteiger partial charge on any atom is 0.0449 e. The van der Waals surface area contributed by atoms with Crippen LogP contribution < -0.4 is 10.6 Å². The Morgan fingerprint density at radius 2 is 1.95 bits per heavy atom. The van der Waals surface area contributed by atoms with E-state index in [0.29, 0.717) is 0 Å². The molecule has 2 N–H and O–H groups in total. The van der Waals surface area contributed by atoms with Crippen LogP contribution in [0.5, 0.6) is 0 Å². The van der Waals surface area contributed by atoms with Crippen molar-refractivity contribution in [1.82, 2.24) is 0 Å². The minimum Gasteiger partial charge on any atom is -0.398 e. The second kappa shape index (κ2) is 5.88. The molecule has 0 aromatic heterocycles. The molecule has 2 aromatic carbocycles. The molecule has 104 valence electrons.